The molecule has 1 N–H and O–H groups in total. The van der Waals surface area contributed by atoms with Crippen LogP contribution < -0.4 is 0 Å². The van der Waals surface area contributed by atoms with Gasteiger partial charge in [-0.1, -0.05) is 23.4 Å². The van der Waals surface area contributed by atoms with Gasteiger partial charge in [-0.3, -0.25) is 4.79 Å². The number of likely N-dealkylation sites (tertiary alicyclic amines) is 1. The number of aromatic amines is 1. The van der Waals surface area contributed by atoms with E-state index in [9.17, 15) is 4.79 Å². The lowest BCUT2D eigenvalue weighted by atomic mass is 10.0. The molecule has 1 fully saturated rings. The molecule has 6 nitrogen and oxygen atoms in total. The monoisotopic (exact) mass is 309 g/mol. The number of fused-ring (bicyclic) bond motifs is 1. The smallest absolute Gasteiger partial charge is 0.256 e. The number of H-pyrrole nitrogens is 1. The molecule has 0 unspecified atom stereocenters. The zero-order chi connectivity index (χ0) is 15.8. The van der Waals surface area contributed by atoms with Crippen LogP contribution >= 0.6 is 0 Å². The number of hydrogen-bond acceptors (Lipinski definition) is 3. The predicted molar refractivity (Wildman–Crippen MR) is 87.2 cm³/mol. The van der Waals surface area contributed by atoms with E-state index in [1.165, 1.54) is 0 Å². The molecule has 23 heavy (non-hydrogen) atoms. The number of amides is 1. The van der Waals surface area contributed by atoms with Gasteiger partial charge < -0.3 is 9.88 Å². The number of nitrogens with one attached hydrogen (secondary N) is 1. The Labute approximate surface area is 134 Å². The summed E-state index contributed by atoms with van der Waals surface area (Å²) in [6.45, 7) is 3.47. The molecule has 1 aromatic carbocycles. The Bertz CT molecular complexity index is 828. The highest BCUT2D eigenvalue weighted by Gasteiger charge is 2.27. The Morgan fingerprint density at radius 3 is 2.78 bits per heavy atom. The second kappa shape index (κ2) is 5.53. The van der Waals surface area contributed by atoms with E-state index < -0.39 is 0 Å². The van der Waals surface area contributed by atoms with Crippen molar-refractivity contribution in [3.05, 3.63) is 47.9 Å². The minimum atomic E-state index is 0.122. The summed E-state index contributed by atoms with van der Waals surface area (Å²) < 4.78 is 1.90. The van der Waals surface area contributed by atoms with Crippen LogP contribution in [0.2, 0.25) is 0 Å². The summed E-state index contributed by atoms with van der Waals surface area (Å²) in [6, 6.07) is 8.31. The van der Waals surface area contributed by atoms with Crippen LogP contribution in [0, 0.1) is 6.92 Å². The minimum absolute atomic E-state index is 0.122. The first-order valence-corrected chi connectivity index (χ1v) is 7.96. The third kappa shape index (κ3) is 2.40. The van der Waals surface area contributed by atoms with Gasteiger partial charge in [-0.2, -0.15) is 0 Å². The maximum atomic E-state index is 13.0. The average molecular weight is 309 g/mol. The van der Waals surface area contributed by atoms with E-state index in [1.54, 1.807) is 6.20 Å². The summed E-state index contributed by atoms with van der Waals surface area (Å²) in [5.74, 6) is 0.122. The van der Waals surface area contributed by atoms with E-state index in [0.29, 0.717) is 6.04 Å². The molecule has 0 radical (unpaired) electrons. The summed E-state index contributed by atoms with van der Waals surface area (Å²) >= 11 is 0. The molecule has 1 aliphatic heterocycles. The van der Waals surface area contributed by atoms with Crippen LogP contribution in [-0.2, 0) is 0 Å². The molecular formula is C17H19N5O. The second-order valence-corrected chi connectivity index (χ2v) is 6.08. The van der Waals surface area contributed by atoms with Gasteiger partial charge in [0.05, 0.1) is 17.8 Å². The van der Waals surface area contributed by atoms with E-state index in [4.69, 9.17) is 0 Å². The lowest BCUT2D eigenvalue weighted by Crippen LogP contribution is -2.39. The van der Waals surface area contributed by atoms with Crippen molar-refractivity contribution < 1.29 is 4.79 Å². The number of benzene rings is 1. The molecule has 1 amide bonds. The van der Waals surface area contributed by atoms with Crippen molar-refractivity contribution in [2.24, 2.45) is 0 Å². The van der Waals surface area contributed by atoms with E-state index in [1.807, 2.05) is 47.0 Å². The lowest BCUT2D eigenvalue weighted by Gasteiger charge is -2.32. The molecule has 1 aliphatic rings. The molecule has 6 heteroatoms. The molecule has 2 aromatic heterocycles. The molecule has 118 valence electrons. The summed E-state index contributed by atoms with van der Waals surface area (Å²) in [7, 11) is 0. The molecule has 4 rings (SSSR count). The Morgan fingerprint density at radius 1 is 1.26 bits per heavy atom. The maximum Gasteiger partial charge on any atom is 0.256 e. The minimum Gasteiger partial charge on any atom is -0.358 e. The Balaban J connectivity index is 1.55. The number of carbonyl (C=O) groups excluding carboxylic acids is 1. The molecular weight excluding hydrogens is 290 g/mol. The van der Waals surface area contributed by atoms with Gasteiger partial charge in [-0.25, -0.2) is 4.68 Å². The van der Waals surface area contributed by atoms with Crippen molar-refractivity contribution in [1.29, 1.82) is 0 Å². The normalized spacial score (nSPS) is 16.1. The van der Waals surface area contributed by atoms with Gasteiger partial charge in [0, 0.05) is 35.9 Å². The van der Waals surface area contributed by atoms with Gasteiger partial charge in [0.1, 0.15) is 0 Å². The Morgan fingerprint density at radius 2 is 2.04 bits per heavy atom. The van der Waals surface area contributed by atoms with Crippen LogP contribution in [0.4, 0.5) is 0 Å². The van der Waals surface area contributed by atoms with Gasteiger partial charge >= 0.3 is 0 Å². The molecule has 0 aliphatic carbocycles. The lowest BCUT2D eigenvalue weighted by molar-refractivity contribution is 0.0690. The summed E-state index contributed by atoms with van der Waals surface area (Å²) in [6.07, 6.45) is 5.42. The van der Waals surface area contributed by atoms with Crippen molar-refractivity contribution in [1.82, 2.24) is 24.9 Å². The van der Waals surface area contributed by atoms with Gasteiger partial charge in [-0.15, -0.1) is 5.10 Å². The van der Waals surface area contributed by atoms with Crippen LogP contribution in [0.15, 0.2) is 36.7 Å². The number of aromatic nitrogens is 4. The highest BCUT2D eigenvalue weighted by molar-refractivity contribution is 6.08. The average Bonchev–Trinajstić information content (AvgIpc) is 3.21. The molecule has 3 heterocycles. The predicted octanol–water partition coefficient (Wildman–Crippen LogP) is 2.55. The fraction of sp³-hybridized carbons (Fsp3) is 0.353. The third-order valence-electron chi connectivity index (χ3n) is 4.67. The Hall–Kier alpha value is -2.63. The molecule has 1 saturated heterocycles. The van der Waals surface area contributed by atoms with E-state index >= 15 is 0 Å². The molecule has 3 aromatic rings. The van der Waals surface area contributed by atoms with Crippen molar-refractivity contribution >= 4 is 16.8 Å². The van der Waals surface area contributed by atoms with Gasteiger partial charge in [0.25, 0.3) is 5.91 Å². The van der Waals surface area contributed by atoms with Crippen LogP contribution in [-0.4, -0.2) is 43.9 Å². The number of carbonyl (C=O) groups is 1. The Kier molecular flexibility index (Phi) is 3.37. The third-order valence-corrected chi connectivity index (χ3v) is 4.67. The highest BCUT2D eigenvalue weighted by Crippen LogP contribution is 2.27. The summed E-state index contributed by atoms with van der Waals surface area (Å²) in [5, 5.41) is 8.95. The van der Waals surface area contributed by atoms with Crippen molar-refractivity contribution in [3.63, 3.8) is 0 Å². The summed E-state index contributed by atoms with van der Waals surface area (Å²) in [4.78, 5) is 18.2. The molecule has 0 saturated carbocycles. The molecule has 0 atom stereocenters. The van der Waals surface area contributed by atoms with Crippen molar-refractivity contribution in [2.45, 2.75) is 25.8 Å². The second-order valence-electron chi connectivity index (χ2n) is 6.08. The quantitative estimate of drug-likeness (QED) is 0.791. The van der Waals surface area contributed by atoms with Crippen molar-refractivity contribution in [3.8, 4) is 0 Å². The fourth-order valence-electron chi connectivity index (χ4n) is 3.46. The summed E-state index contributed by atoms with van der Waals surface area (Å²) in [5.41, 5.74) is 2.76. The number of piperidine rings is 1. The van der Waals surface area contributed by atoms with Crippen molar-refractivity contribution in [2.75, 3.05) is 13.1 Å². The number of nitrogens with zero attached hydrogens (tertiary/aromatic N) is 4. The van der Waals surface area contributed by atoms with Gasteiger partial charge in [-0.05, 0) is 25.8 Å². The first-order valence-electron chi connectivity index (χ1n) is 7.96. The van der Waals surface area contributed by atoms with E-state index in [0.717, 1.165) is 48.1 Å². The maximum absolute atomic E-state index is 13.0. The van der Waals surface area contributed by atoms with Gasteiger partial charge in [0.15, 0.2) is 0 Å². The number of rotatable bonds is 2. The number of para-hydroxylation sites is 1. The van der Waals surface area contributed by atoms with Crippen LogP contribution in [0.3, 0.4) is 0 Å². The largest absolute Gasteiger partial charge is 0.358 e. The van der Waals surface area contributed by atoms with Crippen LogP contribution in [0.1, 0.15) is 34.9 Å². The molecule has 0 bridgehead atoms. The highest BCUT2D eigenvalue weighted by atomic mass is 16.2. The topological polar surface area (TPSA) is 66.8 Å². The van der Waals surface area contributed by atoms with Gasteiger partial charge in [0.2, 0.25) is 0 Å². The number of aryl methyl sites for hydroxylation is 1. The number of hydrogen-bond donors (Lipinski definition) is 1. The van der Waals surface area contributed by atoms with Crippen LogP contribution in [0.5, 0.6) is 0 Å². The first kappa shape index (κ1) is 14.0. The zero-order valence-corrected chi connectivity index (χ0v) is 13.1. The standard InChI is InChI=1S/C17H19N5O/c1-12-16(14-4-2-3-5-15(14)19-12)17(23)21-9-6-13(7-10-21)22-11-8-18-20-22/h2-5,8,11,13,19H,6-7,9-10H2,1H3. The molecule has 0 spiro atoms. The fourth-order valence-corrected chi connectivity index (χ4v) is 3.46. The SMILES string of the molecule is Cc1[nH]c2ccccc2c1C(=O)N1CCC(n2ccnn2)CC1. The van der Waals surface area contributed by atoms with Crippen LogP contribution in [0.25, 0.3) is 10.9 Å². The van der Waals surface area contributed by atoms with E-state index in [2.05, 4.69) is 15.3 Å². The zero-order valence-electron chi connectivity index (χ0n) is 13.1. The first-order chi connectivity index (χ1) is 11.2. The van der Waals surface area contributed by atoms with E-state index in [-0.39, 0.29) is 5.91 Å².